The van der Waals surface area contributed by atoms with Gasteiger partial charge in [-0.05, 0) is 12.1 Å². The van der Waals surface area contributed by atoms with Gasteiger partial charge < -0.3 is 9.47 Å². The number of alkyl halides is 6. The predicted octanol–water partition coefficient (Wildman–Crippen LogP) is 2.54. The van der Waals surface area contributed by atoms with E-state index in [4.69, 9.17) is 0 Å². The summed E-state index contributed by atoms with van der Waals surface area (Å²) >= 11 is 0. The highest BCUT2D eigenvalue weighted by molar-refractivity contribution is 7.89. The van der Waals surface area contributed by atoms with Crippen LogP contribution in [0.3, 0.4) is 0 Å². The van der Waals surface area contributed by atoms with Crippen molar-refractivity contribution in [1.29, 1.82) is 0 Å². The summed E-state index contributed by atoms with van der Waals surface area (Å²) in [5.74, 6) is -0.912. The molecule has 0 spiro atoms. The maximum Gasteiger partial charge on any atom is 0.573 e. The predicted molar refractivity (Wildman–Crippen MR) is 67.7 cm³/mol. The summed E-state index contributed by atoms with van der Waals surface area (Å²) in [5.41, 5.74) is 0. The summed E-state index contributed by atoms with van der Waals surface area (Å²) in [7, 11) is -4.34. The van der Waals surface area contributed by atoms with Crippen LogP contribution in [0.25, 0.3) is 0 Å². The van der Waals surface area contributed by atoms with Gasteiger partial charge in [0.05, 0.1) is 6.10 Å². The molecule has 0 radical (unpaired) electrons. The average Bonchev–Trinajstić information content (AvgIpc) is 2.33. The summed E-state index contributed by atoms with van der Waals surface area (Å²) in [4.78, 5) is -0.725. The van der Waals surface area contributed by atoms with Gasteiger partial charge >= 0.3 is 12.5 Å². The minimum atomic E-state index is -5.08. The highest BCUT2D eigenvalue weighted by Crippen LogP contribution is 2.33. The van der Waals surface area contributed by atoms with E-state index in [1.165, 1.54) is 6.07 Å². The van der Waals surface area contributed by atoms with Crippen LogP contribution in [-0.4, -0.2) is 51.1 Å². The Morgan fingerprint density at radius 1 is 1.08 bits per heavy atom. The van der Waals surface area contributed by atoms with Gasteiger partial charge in [-0.15, -0.1) is 13.2 Å². The molecule has 0 unspecified atom stereocenters. The van der Waals surface area contributed by atoms with Crippen LogP contribution in [-0.2, 0) is 14.8 Å². The van der Waals surface area contributed by atoms with Gasteiger partial charge in [0.15, 0.2) is 0 Å². The lowest BCUT2D eigenvalue weighted by Gasteiger charge is -2.38. The molecular weight excluding hydrogens is 368 g/mol. The third-order valence-electron chi connectivity index (χ3n) is 2.99. The molecule has 0 bridgehead atoms. The van der Waals surface area contributed by atoms with Gasteiger partial charge in [0.2, 0.25) is 10.0 Å². The summed E-state index contributed by atoms with van der Waals surface area (Å²) < 4.78 is 106. The van der Waals surface area contributed by atoms with E-state index in [9.17, 15) is 34.8 Å². The van der Waals surface area contributed by atoms with Crippen molar-refractivity contribution in [3.63, 3.8) is 0 Å². The van der Waals surface area contributed by atoms with Crippen molar-refractivity contribution in [3.05, 3.63) is 24.3 Å². The Morgan fingerprint density at radius 3 is 2.21 bits per heavy atom. The van der Waals surface area contributed by atoms with Gasteiger partial charge in [-0.25, -0.2) is 8.42 Å². The van der Waals surface area contributed by atoms with Gasteiger partial charge in [0.1, 0.15) is 17.3 Å². The number of nitrogens with zero attached hydrogens (tertiary/aromatic N) is 1. The quantitative estimate of drug-likeness (QED) is 0.738. The van der Waals surface area contributed by atoms with Crippen molar-refractivity contribution in [1.82, 2.24) is 4.31 Å². The molecule has 1 heterocycles. The summed E-state index contributed by atoms with van der Waals surface area (Å²) in [6.07, 6.45) is -10.6. The standard InChI is InChI=1S/C12H11F6NO4S/c13-11(14,15)7-22-8-5-19(6-8)24(20,21)10-4-2-1-3-9(10)23-12(16,17)18/h1-4,8H,5-7H2. The van der Waals surface area contributed by atoms with Gasteiger partial charge in [0.25, 0.3) is 0 Å². The molecule has 0 aromatic heterocycles. The van der Waals surface area contributed by atoms with E-state index >= 15 is 0 Å². The molecule has 2 rings (SSSR count). The molecule has 1 fully saturated rings. The molecule has 1 aromatic carbocycles. The molecule has 12 heteroatoms. The molecule has 1 saturated heterocycles. The molecule has 0 aliphatic carbocycles. The SMILES string of the molecule is O=S(=O)(c1ccccc1OC(F)(F)F)N1CC(OCC(F)(F)F)C1. The van der Waals surface area contributed by atoms with Gasteiger partial charge in [-0.2, -0.15) is 17.5 Å². The maximum absolute atomic E-state index is 12.3. The van der Waals surface area contributed by atoms with E-state index in [1.807, 2.05) is 0 Å². The third-order valence-corrected chi connectivity index (χ3v) is 4.86. The zero-order valence-corrected chi connectivity index (χ0v) is 12.6. The Hall–Kier alpha value is -1.53. The molecule has 136 valence electrons. The first kappa shape index (κ1) is 18.8. The zero-order valence-electron chi connectivity index (χ0n) is 11.8. The first-order valence-electron chi connectivity index (χ1n) is 6.42. The van der Waals surface area contributed by atoms with E-state index in [0.717, 1.165) is 18.2 Å². The zero-order chi connectivity index (χ0) is 18.2. The molecule has 1 aliphatic heterocycles. The molecule has 0 atom stereocenters. The van der Waals surface area contributed by atoms with E-state index in [-0.39, 0.29) is 0 Å². The largest absolute Gasteiger partial charge is 0.573 e. The normalized spacial score (nSPS) is 17.6. The Kier molecular flexibility index (Phi) is 5.02. The number of hydrogen-bond donors (Lipinski definition) is 0. The van der Waals surface area contributed by atoms with Crippen molar-refractivity contribution in [2.24, 2.45) is 0 Å². The fourth-order valence-corrected chi connectivity index (χ4v) is 3.54. The molecule has 0 N–H and O–H groups in total. The lowest BCUT2D eigenvalue weighted by atomic mass is 10.2. The van der Waals surface area contributed by atoms with Crippen LogP contribution < -0.4 is 4.74 Å². The molecule has 1 aliphatic rings. The van der Waals surface area contributed by atoms with Crippen LogP contribution in [0.1, 0.15) is 0 Å². The highest BCUT2D eigenvalue weighted by atomic mass is 32.2. The van der Waals surface area contributed by atoms with Crippen molar-refractivity contribution in [2.75, 3.05) is 19.7 Å². The first-order valence-corrected chi connectivity index (χ1v) is 7.86. The number of hydrogen-bond acceptors (Lipinski definition) is 4. The Labute approximate surface area is 132 Å². The van der Waals surface area contributed by atoms with Crippen LogP contribution in [0, 0.1) is 0 Å². The fourth-order valence-electron chi connectivity index (χ4n) is 1.93. The second-order valence-corrected chi connectivity index (χ2v) is 6.77. The highest BCUT2D eigenvalue weighted by Gasteiger charge is 2.42. The number of sulfonamides is 1. The van der Waals surface area contributed by atoms with Crippen molar-refractivity contribution < 1.29 is 44.2 Å². The summed E-state index contributed by atoms with van der Waals surface area (Å²) in [5, 5.41) is 0. The van der Waals surface area contributed by atoms with E-state index in [0.29, 0.717) is 4.31 Å². The van der Waals surface area contributed by atoms with E-state index < -0.39 is 59.0 Å². The number of rotatable bonds is 5. The van der Waals surface area contributed by atoms with Crippen LogP contribution in [0.2, 0.25) is 0 Å². The van der Waals surface area contributed by atoms with Crippen LogP contribution in [0.5, 0.6) is 5.75 Å². The number of ether oxygens (including phenoxy) is 2. The Balaban J connectivity index is 2.08. The minimum Gasteiger partial charge on any atom is -0.404 e. The Morgan fingerprint density at radius 2 is 1.67 bits per heavy atom. The first-order chi connectivity index (χ1) is 10.9. The third kappa shape index (κ3) is 4.74. The fraction of sp³-hybridized carbons (Fsp3) is 0.500. The van der Waals surface area contributed by atoms with Gasteiger partial charge in [-0.1, -0.05) is 12.1 Å². The second kappa shape index (κ2) is 6.41. The average molecular weight is 379 g/mol. The monoisotopic (exact) mass is 379 g/mol. The number of benzene rings is 1. The lowest BCUT2D eigenvalue weighted by Crippen LogP contribution is -2.55. The van der Waals surface area contributed by atoms with Crippen molar-refractivity contribution in [2.45, 2.75) is 23.5 Å². The summed E-state index contributed by atoms with van der Waals surface area (Å²) in [6, 6.07) is 4.11. The number of halogens is 6. The topological polar surface area (TPSA) is 55.8 Å². The lowest BCUT2D eigenvalue weighted by molar-refractivity contribution is -0.275. The Bertz CT molecular complexity index is 682. The van der Waals surface area contributed by atoms with Gasteiger partial charge in [0, 0.05) is 13.1 Å². The van der Waals surface area contributed by atoms with Crippen molar-refractivity contribution in [3.8, 4) is 5.75 Å². The van der Waals surface area contributed by atoms with Crippen LogP contribution >= 0.6 is 0 Å². The molecule has 0 amide bonds. The minimum absolute atomic E-state index is 0.390. The van der Waals surface area contributed by atoms with Crippen LogP contribution in [0.4, 0.5) is 26.3 Å². The summed E-state index contributed by atoms with van der Waals surface area (Å²) in [6.45, 7) is -2.31. The van der Waals surface area contributed by atoms with Crippen LogP contribution in [0.15, 0.2) is 29.2 Å². The molecule has 0 saturated carbocycles. The van der Waals surface area contributed by atoms with E-state index in [2.05, 4.69) is 9.47 Å². The van der Waals surface area contributed by atoms with Gasteiger partial charge in [-0.3, -0.25) is 0 Å². The van der Waals surface area contributed by atoms with E-state index in [1.54, 1.807) is 0 Å². The van der Waals surface area contributed by atoms with Crippen molar-refractivity contribution >= 4 is 10.0 Å². The smallest absolute Gasteiger partial charge is 0.404 e. The molecule has 5 nitrogen and oxygen atoms in total. The molecule has 1 aromatic rings. The maximum atomic E-state index is 12.3. The number of para-hydroxylation sites is 1. The molecule has 24 heavy (non-hydrogen) atoms. The molecular formula is C12H11F6NO4S. The second-order valence-electron chi connectivity index (χ2n) is 4.86.